The molecule has 102 valence electrons. The molecule has 0 aliphatic carbocycles. The van der Waals surface area contributed by atoms with E-state index in [0.717, 1.165) is 6.42 Å². The number of rotatable bonds is 5. The summed E-state index contributed by atoms with van der Waals surface area (Å²) in [5.41, 5.74) is 0.0128. The van der Waals surface area contributed by atoms with Gasteiger partial charge in [0.25, 0.3) is 0 Å². The van der Waals surface area contributed by atoms with Crippen LogP contribution in [0.4, 0.5) is 0 Å². The molecule has 0 atom stereocenters. The van der Waals surface area contributed by atoms with Crippen molar-refractivity contribution in [2.24, 2.45) is 0 Å². The quantitative estimate of drug-likeness (QED) is 0.556. The zero-order chi connectivity index (χ0) is 14.1. The molecule has 0 rings (SSSR count). The lowest BCUT2D eigenvalue weighted by Crippen LogP contribution is -2.39. The van der Waals surface area contributed by atoms with Crippen LogP contribution >= 0.6 is 10.0 Å². The van der Waals surface area contributed by atoms with E-state index in [4.69, 9.17) is 4.74 Å². The molecule has 0 aromatic heterocycles. The van der Waals surface area contributed by atoms with Crippen LogP contribution in [-0.4, -0.2) is 35.1 Å². The molecule has 0 radical (unpaired) electrons. The first-order valence-electron chi connectivity index (χ1n) is 5.85. The Morgan fingerprint density at radius 1 is 1.18 bits per heavy atom. The second-order valence-electron chi connectivity index (χ2n) is 6.70. The van der Waals surface area contributed by atoms with Gasteiger partial charge in [0.2, 0.25) is 0 Å². The monoisotopic (exact) mass is 260 g/mol. The fourth-order valence-electron chi connectivity index (χ4n) is 1.62. The van der Waals surface area contributed by atoms with E-state index in [-0.39, 0.29) is 10.7 Å². The number of hydrogen-bond donors (Lipinski definition) is 0. The molecular formula is C14H28O2S. The van der Waals surface area contributed by atoms with Crippen LogP contribution in [0.5, 0.6) is 0 Å². The smallest absolute Gasteiger partial charge is 0.333 e. The molecule has 0 aromatic rings. The maximum Gasteiger partial charge on any atom is 0.333 e. The predicted molar refractivity (Wildman–Crippen MR) is 79.0 cm³/mol. The summed E-state index contributed by atoms with van der Waals surface area (Å²) in [6.07, 6.45) is 7.74. The first-order valence-corrected chi connectivity index (χ1v) is 8.71. The minimum atomic E-state index is -0.705. The van der Waals surface area contributed by atoms with Gasteiger partial charge in [-0.1, -0.05) is 20.4 Å². The Kier molecular flexibility index (Phi) is 4.92. The second kappa shape index (κ2) is 5.05. The van der Waals surface area contributed by atoms with Gasteiger partial charge in [-0.05, 0) is 50.7 Å². The maximum atomic E-state index is 11.6. The molecule has 0 aromatic carbocycles. The van der Waals surface area contributed by atoms with Crippen LogP contribution in [0.25, 0.3) is 0 Å². The van der Waals surface area contributed by atoms with E-state index >= 15 is 0 Å². The Bertz CT molecular complexity index is 309. The molecule has 0 spiro atoms. The topological polar surface area (TPSA) is 26.3 Å². The van der Waals surface area contributed by atoms with Crippen molar-refractivity contribution in [3.63, 3.8) is 0 Å². The minimum absolute atomic E-state index is 0.172. The normalized spacial score (nSPS) is 14.4. The molecule has 0 heterocycles. The van der Waals surface area contributed by atoms with Gasteiger partial charge in [-0.15, -0.1) is 0 Å². The van der Waals surface area contributed by atoms with Gasteiger partial charge >= 0.3 is 5.97 Å². The maximum absolute atomic E-state index is 11.6. The Labute approximate surface area is 108 Å². The average Bonchev–Trinajstić information content (AvgIpc) is 1.97. The van der Waals surface area contributed by atoms with Crippen LogP contribution in [0.2, 0.25) is 0 Å². The summed E-state index contributed by atoms with van der Waals surface area (Å²) < 4.78 is 5.68. The van der Waals surface area contributed by atoms with Crippen molar-refractivity contribution in [1.29, 1.82) is 0 Å². The van der Waals surface area contributed by atoms with Gasteiger partial charge in [0.05, 0.1) is 0 Å². The van der Waals surface area contributed by atoms with E-state index in [1.54, 1.807) is 6.92 Å². The zero-order valence-corrected chi connectivity index (χ0v) is 13.5. The van der Waals surface area contributed by atoms with E-state index in [1.807, 2.05) is 13.8 Å². The summed E-state index contributed by atoms with van der Waals surface area (Å²) >= 11 is 0. The van der Waals surface area contributed by atoms with E-state index in [9.17, 15) is 4.79 Å². The molecule has 17 heavy (non-hydrogen) atoms. The zero-order valence-electron chi connectivity index (χ0n) is 12.6. The summed E-state index contributed by atoms with van der Waals surface area (Å²) in [6, 6.07) is 0. The second-order valence-corrected chi connectivity index (χ2v) is 11.5. The van der Waals surface area contributed by atoms with Gasteiger partial charge in [-0.25, -0.2) is 14.8 Å². The third kappa shape index (κ3) is 5.15. The van der Waals surface area contributed by atoms with Crippen molar-refractivity contribution in [1.82, 2.24) is 0 Å². The highest BCUT2D eigenvalue weighted by Crippen LogP contribution is 2.53. The van der Waals surface area contributed by atoms with Gasteiger partial charge in [-0.3, -0.25) is 0 Å². The highest BCUT2D eigenvalue weighted by atomic mass is 32.3. The molecule has 0 saturated carbocycles. The third-order valence-electron chi connectivity index (χ3n) is 3.23. The molecule has 0 bridgehead atoms. The lowest BCUT2D eigenvalue weighted by Gasteiger charge is -2.47. The number of carbonyl (C=O) groups excluding carboxylic acids is 1. The van der Waals surface area contributed by atoms with E-state index in [2.05, 4.69) is 39.2 Å². The van der Waals surface area contributed by atoms with Gasteiger partial charge in [-0.2, -0.15) is 0 Å². The third-order valence-corrected chi connectivity index (χ3v) is 6.69. The Hall–Kier alpha value is -0.440. The molecule has 0 aliphatic rings. The van der Waals surface area contributed by atoms with Crippen LogP contribution in [0.1, 0.15) is 41.0 Å². The van der Waals surface area contributed by atoms with Crippen LogP contribution < -0.4 is 0 Å². The van der Waals surface area contributed by atoms with Gasteiger partial charge in [0, 0.05) is 5.57 Å². The fraction of sp³-hybridized carbons (Fsp3) is 0.786. The van der Waals surface area contributed by atoms with Crippen molar-refractivity contribution in [3.05, 3.63) is 12.2 Å². The lowest BCUT2D eigenvalue weighted by atomic mass is 9.95. The summed E-state index contributed by atoms with van der Waals surface area (Å²) in [5.74, 6) is -0.297. The largest absolute Gasteiger partial charge is 0.456 e. The molecule has 0 amide bonds. The van der Waals surface area contributed by atoms with E-state index in [0.29, 0.717) is 5.57 Å². The van der Waals surface area contributed by atoms with E-state index < -0.39 is 15.6 Å². The molecule has 3 heteroatoms. The van der Waals surface area contributed by atoms with E-state index in [1.165, 1.54) is 0 Å². The highest BCUT2D eigenvalue weighted by Gasteiger charge is 2.37. The van der Waals surface area contributed by atoms with Gasteiger partial charge in [0.1, 0.15) is 5.60 Å². The summed E-state index contributed by atoms with van der Waals surface area (Å²) in [6.45, 7) is 13.7. The highest BCUT2D eigenvalue weighted by molar-refractivity contribution is 8.33. The number of ether oxygens (including phenoxy) is 1. The molecule has 0 aliphatic heterocycles. The SMILES string of the molecule is C=C(C)C(=O)OC(C)(C)CC(C)(C)S(C)(C)C. The van der Waals surface area contributed by atoms with Crippen LogP contribution in [-0.2, 0) is 9.53 Å². The van der Waals surface area contributed by atoms with Crippen molar-refractivity contribution in [2.75, 3.05) is 18.8 Å². The first kappa shape index (κ1) is 16.6. The lowest BCUT2D eigenvalue weighted by molar-refractivity contribution is -0.152. The van der Waals surface area contributed by atoms with Gasteiger partial charge < -0.3 is 4.74 Å². The van der Waals surface area contributed by atoms with Crippen LogP contribution in [0, 0.1) is 0 Å². The molecule has 0 N–H and O–H groups in total. The molecule has 2 nitrogen and oxygen atoms in total. The van der Waals surface area contributed by atoms with Crippen molar-refractivity contribution >= 4 is 16.0 Å². The molecule has 0 saturated heterocycles. The number of esters is 1. The standard InChI is InChI=1S/C14H28O2S/c1-11(2)12(15)16-13(3,4)10-14(5,6)17(7,8)9/h1,10H2,2-9H3. The van der Waals surface area contributed by atoms with Gasteiger partial charge in [0.15, 0.2) is 0 Å². The number of hydrogen-bond acceptors (Lipinski definition) is 2. The minimum Gasteiger partial charge on any atom is -0.456 e. The molecule has 0 fully saturated rings. The number of carbonyl (C=O) groups is 1. The Morgan fingerprint density at radius 3 is 1.88 bits per heavy atom. The predicted octanol–water partition coefficient (Wildman–Crippen LogP) is 3.75. The van der Waals surface area contributed by atoms with Crippen molar-refractivity contribution in [3.8, 4) is 0 Å². The van der Waals surface area contributed by atoms with Crippen LogP contribution in [0.15, 0.2) is 12.2 Å². The van der Waals surface area contributed by atoms with Crippen LogP contribution in [0.3, 0.4) is 0 Å². The summed E-state index contributed by atoms with van der Waals surface area (Å²) in [4.78, 5) is 11.6. The molecule has 0 unspecified atom stereocenters. The first-order chi connectivity index (χ1) is 7.28. The summed E-state index contributed by atoms with van der Waals surface area (Å²) in [7, 11) is -0.705. The van der Waals surface area contributed by atoms with Crippen molar-refractivity contribution < 1.29 is 9.53 Å². The molecular weight excluding hydrogens is 232 g/mol. The Morgan fingerprint density at radius 2 is 1.59 bits per heavy atom. The summed E-state index contributed by atoms with van der Waals surface area (Å²) in [5, 5.41) is 0. The Balaban J connectivity index is 4.77. The fourth-order valence-corrected chi connectivity index (χ4v) is 2.40. The average molecular weight is 260 g/mol. The van der Waals surface area contributed by atoms with Crippen molar-refractivity contribution in [2.45, 2.75) is 51.4 Å².